The molecule has 0 N–H and O–H groups in total. The predicted octanol–water partition coefficient (Wildman–Crippen LogP) is 3.16. The second-order valence-corrected chi connectivity index (χ2v) is 4.43. The van der Waals surface area contributed by atoms with Crippen molar-refractivity contribution in [1.82, 2.24) is 4.57 Å². The average molecular weight is 201 g/mol. The summed E-state index contributed by atoms with van der Waals surface area (Å²) in [6, 6.07) is 6.51. The first-order chi connectivity index (χ1) is 7.27. The van der Waals surface area contributed by atoms with Crippen LogP contribution in [0.15, 0.2) is 24.4 Å². The van der Waals surface area contributed by atoms with Crippen molar-refractivity contribution in [3.05, 3.63) is 30.0 Å². The van der Waals surface area contributed by atoms with Crippen molar-refractivity contribution < 1.29 is 4.74 Å². The van der Waals surface area contributed by atoms with Crippen LogP contribution in [0, 0.1) is 0 Å². The fraction of sp³-hybridized carbons (Fsp3) is 0.385. The molecule has 0 amide bonds. The molecule has 2 heteroatoms. The molecule has 0 spiro atoms. The molecule has 2 aromatic rings. The van der Waals surface area contributed by atoms with Crippen LogP contribution in [0.2, 0.25) is 0 Å². The third-order valence-electron chi connectivity index (χ3n) is 3.13. The molecule has 15 heavy (non-hydrogen) atoms. The zero-order valence-corrected chi connectivity index (χ0v) is 9.16. The van der Waals surface area contributed by atoms with Gasteiger partial charge in [0.05, 0.1) is 12.1 Å². The first-order valence-corrected chi connectivity index (χ1v) is 5.52. The summed E-state index contributed by atoms with van der Waals surface area (Å²) >= 11 is 0. The maximum atomic E-state index is 5.67. The normalized spacial score (nSPS) is 14.6. The summed E-state index contributed by atoms with van der Waals surface area (Å²) in [4.78, 5) is 0. The quantitative estimate of drug-likeness (QED) is 0.691. The smallest absolute Gasteiger partial charge is 0.143 e. The second kappa shape index (κ2) is 3.02. The minimum absolute atomic E-state index is 0.567. The second-order valence-electron chi connectivity index (χ2n) is 4.43. The summed E-state index contributed by atoms with van der Waals surface area (Å²) in [5.74, 6) is 1.60. The van der Waals surface area contributed by atoms with Gasteiger partial charge < -0.3 is 9.30 Å². The summed E-state index contributed by atoms with van der Waals surface area (Å²) in [6.07, 6.45) is 2.17. The van der Waals surface area contributed by atoms with Gasteiger partial charge in [-0.15, -0.1) is 0 Å². The van der Waals surface area contributed by atoms with Gasteiger partial charge in [-0.25, -0.2) is 0 Å². The number of ether oxygens (including phenoxy) is 1. The molecule has 1 aromatic carbocycles. The number of benzene rings is 1. The van der Waals surface area contributed by atoms with Crippen LogP contribution >= 0.6 is 0 Å². The highest BCUT2D eigenvalue weighted by Crippen LogP contribution is 2.34. The van der Waals surface area contributed by atoms with Gasteiger partial charge in [0.2, 0.25) is 0 Å². The van der Waals surface area contributed by atoms with Crippen molar-refractivity contribution in [1.29, 1.82) is 0 Å². The monoisotopic (exact) mass is 201 g/mol. The molecule has 1 aromatic heterocycles. The number of rotatable bonds is 1. The molecule has 0 bridgehead atoms. The fourth-order valence-corrected chi connectivity index (χ4v) is 2.37. The summed E-state index contributed by atoms with van der Waals surface area (Å²) in [5.41, 5.74) is 2.69. The third-order valence-corrected chi connectivity index (χ3v) is 3.13. The minimum atomic E-state index is 0.567. The van der Waals surface area contributed by atoms with Gasteiger partial charge in [-0.1, -0.05) is 19.9 Å². The summed E-state index contributed by atoms with van der Waals surface area (Å²) < 4.78 is 7.96. The molecule has 0 fully saturated rings. The van der Waals surface area contributed by atoms with Crippen LogP contribution in [0.4, 0.5) is 0 Å². The maximum absolute atomic E-state index is 5.67. The Hall–Kier alpha value is -1.44. The highest BCUT2D eigenvalue weighted by molar-refractivity contribution is 5.89. The van der Waals surface area contributed by atoms with Crippen LogP contribution in [0.5, 0.6) is 5.75 Å². The first kappa shape index (κ1) is 8.84. The summed E-state index contributed by atoms with van der Waals surface area (Å²) in [5, 5.41) is 1.35. The third kappa shape index (κ3) is 1.17. The highest BCUT2D eigenvalue weighted by Gasteiger charge is 2.16. The van der Waals surface area contributed by atoms with Gasteiger partial charge >= 0.3 is 0 Å². The zero-order valence-electron chi connectivity index (χ0n) is 9.16. The van der Waals surface area contributed by atoms with E-state index in [2.05, 4.69) is 42.8 Å². The van der Waals surface area contributed by atoms with Gasteiger partial charge in [-0.2, -0.15) is 0 Å². The molecule has 0 unspecified atom stereocenters. The Morgan fingerprint density at radius 1 is 1.27 bits per heavy atom. The standard InChI is InChI=1S/C13H15NO/c1-9(2)10-3-4-12-13-11(10)5-6-14(13)7-8-15-12/h3-6,9H,7-8H2,1-2H3. The van der Waals surface area contributed by atoms with Gasteiger partial charge in [0.15, 0.2) is 0 Å². The summed E-state index contributed by atoms with van der Waals surface area (Å²) in [7, 11) is 0. The molecule has 0 radical (unpaired) electrons. The van der Waals surface area contributed by atoms with E-state index < -0.39 is 0 Å². The molecule has 1 aliphatic rings. The lowest BCUT2D eigenvalue weighted by atomic mass is 9.99. The Bertz CT molecular complexity index is 510. The van der Waals surface area contributed by atoms with E-state index in [1.54, 1.807) is 0 Å². The predicted molar refractivity (Wildman–Crippen MR) is 61.5 cm³/mol. The van der Waals surface area contributed by atoms with Crippen LogP contribution in [0.1, 0.15) is 25.3 Å². The highest BCUT2D eigenvalue weighted by atomic mass is 16.5. The van der Waals surface area contributed by atoms with E-state index in [4.69, 9.17) is 4.74 Å². The maximum Gasteiger partial charge on any atom is 0.143 e. The SMILES string of the molecule is CC(C)c1ccc2c3c1ccn3CCO2. The van der Waals surface area contributed by atoms with Crippen molar-refractivity contribution in [3.63, 3.8) is 0 Å². The van der Waals surface area contributed by atoms with Crippen LogP contribution in [0.3, 0.4) is 0 Å². The molecular weight excluding hydrogens is 186 g/mol. The van der Waals surface area contributed by atoms with Crippen molar-refractivity contribution in [2.45, 2.75) is 26.3 Å². The zero-order chi connectivity index (χ0) is 10.4. The first-order valence-electron chi connectivity index (χ1n) is 5.52. The number of hydrogen-bond acceptors (Lipinski definition) is 1. The van der Waals surface area contributed by atoms with E-state index in [9.17, 15) is 0 Å². The fourth-order valence-electron chi connectivity index (χ4n) is 2.37. The Morgan fingerprint density at radius 2 is 2.13 bits per heavy atom. The molecule has 0 saturated carbocycles. The minimum Gasteiger partial charge on any atom is -0.490 e. The Kier molecular flexibility index (Phi) is 1.78. The van der Waals surface area contributed by atoms with Crippen LogP contribution < -0.4 is 4.74 Å². The molecule has 78 valence electrons. The lowest BCUT2D eigenvalue weighted by molar-refractivity contribution is 0.287. The Morgan fingerprint density at radius 3 is 2.93 bits per heavy atom. The van der Waals surface area contributed by atoms with Gasteiger partial charge in [-0.05, 0) is 23.6 Å². The van der Waals surface area contributed by atoms with Gasteiger partial charge in [-0.3, -0.25) is 0 Å². The molecule has 0 atom stereocenters. The van der Waals surface area contributed by atoms with Crippen molar-refractivity contribution >= 4 is 10.9 Å². The lowest BCUT2D eigenvalue weighted by Crippen LogP contribution is -2.13. The molecule has 0 saturated heterocycles. The van der Waals surface area contributed by atoms with E-state index in [1.807, 2.05) is 0 Å². The van der Waals surface area contributed by atoms with Crippen LogP contribution in [-0.4, -0.2) is 11.2 Å². The molecule has 3 rings (SSSR count). The molecular formula is C13H15NO. The van der Waals surface area contributed by atoms with E-state index in [0.29, 0.717) is 5.92 Å². The van der Waals surface area contributed by atoms with E-state index >= 15 is 0 Å². The van der Waals surface area contributed by atoms with Crippen molar-refractivity contribution in [2.24, 2.45) is 0 Å². The van der Waals surface area contributed by atoms with Crippen LogP contribution in [0.25, 0.3) is 10.9 Å². The van der Waals surface area contributed by atoms with E-state index in [0.717, 1.165) is 18.9 Å². The largest absolute Gasteiger partial charge is 0.490 e. The van der Waals surface area contributed by atoms with Crippen molar-refractivity contribution in [3.8, 4) is 5.75 Å². The topological polar surface area (TPSA) is 14.2 Å². The van der Waals surface area contributed by atoms with Crippen molar-refractivity contribution in [2.75, 3.05) is 6.61 Å². The van der Waals surface area contributed by atoms with E-state index in [-0.39, 0.29) is 0 Å². The Balaban J connectivity index is 2.36. The van der Waals surface area contributed by atoms with Gasteiger partial charge in [0.1, 0.15) is 12.4 Å². The average Bonchev–Trinajstić information content (AvgIpc) is 2.65. The van der Waals surface area contributed by atoms with E-state index in [1.165, 1.54) is 16.5 Å². The number of aromatic nitrogens is 1. The summed E-state index contributed by atoms with van der Waals surface area (Å²) in [6.45, 7) is 6.23. The molecule has 1 aliphatic heterocycles. The van der Waals surface area contributed by atoms with Gasteiger partial charge in [0.25, 0.3) is 0 Å². The Labute approximate surface area is 89.5 Å². The number of hydrogen-bond donors (Lipinski definition) is 0. The lowest BCUT2D eigenvalue weighted by Gasteiger charge is -2.18. The molecule has 2 heterocycles. The van der Waals surface area contributed by atoms with Gasteiger partial charge in [0, 0.05) is 11.6 Å². The number of nitrogens with zero attached hydrogens (tertiary/aromatic N) is 1. The van der Waals surface area contributed by atoms with Crippen LogP contribution in [-0.2, 0) is 6.54 Å². The molecule has 0 aliphatic carbocycles. The molecule has 2 nitrogen and oxygen atoms in total.